The van der Waals surface area contributed by atoms with E-state index in [1.54, 1.807) is 23.1 Å². The first-order chi connectivity index (χ1) is 13.0. The molecule has 1 aliphatic heterocycles. The number of amides is 2. The van der Waals surface area contributed by atoms with Gasteiger partial charge in [0.1, 0.15) is 5.75 Å². The lowest BCUT2D eigenvalue weighted by Gasteiger charge is -2.33. The van der Waals surface area contributed by atoms with Gasteiger partial charge in [0, 0.05) is 31.6 Å². The predicted octanol–water partition coefficient (Wildman–Crippen LogP) is 1.64. The van der Waals surface area contributed by atoms with Crippen LogP contribution in [0, 0.1) is 10.8 Å². The first-order valence-corrected chi connectivity index (χ1v) is 9.74. The fourth-order valence-electron chi connectivity index (χ4n) is 4.83. The summed E-state index contributed by atoms with van der Waals surface area (Å²) in [5, 5.41) is 12.5. The van der Waals surface area contributed by atoms with E-state index in [9.17, 15) is 14.7 Å². The molecule has 1 heterocycles. The number of nitrogens with one attached hydrogen (secondary N) is 1. The van der Waals surface area contributed by atoms with Crippen LogP contribution >= 0.6 is 0 Å². The van der Waals surface area contributed by atoms with Crippen molar-refractivity contribution in [1.29, 1.82) is 0 Å². The van der Waals surface area contributed by atoms with E-state index in [0.717, 1.165) is 17.6 Å². The largest absolute Gasteiger partial charge is 0.508 e. The summed E-state index contributed by atoms with van der Waals surface area (Å²) in [6, 6.07) is 6.96. The van der Waals surface area contributed by atoms with Crippen LogP contribution in [0.5, 0.6) is 5.75 Å². The van der Waals surface area contributed by atoms with Crippen molar-refractivity contribution in [3.8, 4) is 5.75 Å². The second kappa shape index (κ2) is 6.68. The zero-order chi connectivity index (χ0) is 19.1. The molecule has 27 heavy (non-hydrogen) atoms. The highest BCUT2D eigenvalue weighted by atomic mass is 16.3. The molecule has 0 bridgehead atoms. The number of nitrogens with zero attached hydrogens (tertiary/aromatic N) is 1. The zero-order valence-corrected chi connectivity index (χ0v) is 15.5. The molecule has 2 fully saturated rings. The van der Waals surface area contributed by atoms with Gasteiger partial charge in [0.05, 0.1) is 0 Å². The molecular formula is C21H27N3O3. The molecule has 3 aliphatic rings. The number of carbonyl (C=O) groups excluding carboxylic acids is 2. The van der Waals surface area contributed by atoms with E-state index in [0.29, 0.717) is 38.0 Å². The van der Waals surface area contributed by atoms with Crippen LogP contribution in [0.25, 0.3) is 5.57 Å². The molecule has 1 atom stereocenters. The number of rotatable bonds is 4. The minimum absolute atomic E-state index is 0.00425. The predicted molar refractivity (Wildman–Crippen MR) is 103 cm³/mol. The van der Waals surface area contributed by atoms with Crippen molar-refractivity contribution in [1.82, 2.24) is 10.2 Å². The van der Waals surface area contributed by atoms with E-state index in [1.807, 2.05) is 6.07 Å². The summed E-state index contributed by atoms with van der Waals surface area (Å²) in [4.78, 5) is 26.6. The minimum atomic E-state index is -0.540. The number of aromatic hydroxyl groups is 1. The summed E-state index contributed by atoms with van der Waals surface area (Å²) in [6.45, 7) is 1.97. The van der Waals surface area contributed by atoms with E-state index in [2.05, 4.69) is 11.4 Å². The Kier molecular flexibility index (Phi) is 4.46. The Balaban J connectivity index is 1.35. The van der Waals surface area contributed by atoms with Crippen molar-refractivity contribution in [2.45, 2.75) is 32.1 Å². The lowest BCUT2D eigenvalue weighted by Crippen LogP contribution is -2.47. The van der Waals surface area contributed by atoms with Crippen LogP contribution < -0.4 is 11.1 Å². The van der Waals surface area contributed by atoms with Gasteiger partial charge in [-0.1, -0.05) is 24.6 Å². The van der Waals surface area contributed by atoms with Gasteiger partial charge in [-0.3, -0.25) is 9.59 Å². The Morgan fingerprint density at radius 1 is 1.30 bits per heavy atom. The van der Waals surface area contributed by atoms with Gasteiger partial charge in [-0.05, 0) is 54.4 Å². The van der Waals surface area contributed by atoms with Gasteiger partial charge < -0.3 is 21.1 Å². The fraction of sp³-hybridized carbons (Fsp3) is 0.524. The van der Waals surface area contributed by atoms with Gasteiger partial charge in [-0.25, -0.2) is 0 Å². The summed E-state index contributed by atoms with van der Waals surface area (Å²) in [6.07, 6.45) is 7.45. The van der Waals surface area contributed by atoms with Gasteiger partial charge in [-0.15, -0.1) is 0 Å². The normalized spacial score (nSPS) is 25.5. The van der Waals surface area contributed by atoms with E-state index in [4.69, 9.17) is 5.73 Å². The molecule has 2 amide bonds. The average Bonchev–Trinajstić information content (AvgIpc) is 3.36. The van der Waals surface area contributed by atoms with Crippen LogP contribution in [0.15, 0.2) is 30.3 Å². The standard InChI is InChI=1S/C21H27N3O3/c22-13-21(12-20(21)7-3-8-20)14-23-18(26)19(27)24-9-2-5-16(11-24)15-4-1-6-17(25)10-15/h1,4-6,10,25H,2-3,7-9,11-14,22H2,(H,23,26). The van der Waals surface area contributed by atoms with Crippen molar-refractivity contribution < 1.29 is 14.7 Å². The highest BCUT2D eigenvalue weighted by Gasteiger charge is 2.68. The number of nitrogens with two attached hydrogens (primary N) is 1. The molecular weight excluding hydrogens is 342 g/mol. The summed E-state index contributed by atoms with van der Waals surface area (Å²) in [7, 11) is 0. The van der Waals surface area contributed by atoms with Crippen molar-refractivity contribution in [3.63, 3.8) is 0 Å². The molecule has 1 spiro atoms. The molecule has 2 aliphatic carbocycles. The van der Waals surface area contributed by atoms with E-state index >= 15 is 0 Å². The Bertz CT molecular complexity index is 800. The number of benzene rings is 1. The lowest BCUT2D eigenvalue weighted by molar-refractivity contribution is -0.145. The van der Waals surface area contributed by atoms with Gasteiger partial charge in [0.25, 0.3) is 0 Å². The number of phenolic OH excluding ortho intramolecular Hbond substituents is 1. The van der Waals surface area contributed by atoms with Crippen molar-refractivity contribution in [2.75, 3.05) is 26.2 Å². The quantitative estimate of drug-likeness (QED) is 0.703. The number of phenols is 1. The number of hydrogen-bond acceptors (Lipinski definition) is 4. The summed E-state index contributed by atoms with van der Waals surface area (Å²) < 4.78 is 0. The van der Waals surface area contributed by atoms with Gasteiger partial charge in [0.15, 0.2) is 0 Å². The molecule has 6 nitrogen and oxygen atoms in total. The topological polar surface area (TPSA) is 95.7 Å². The monoisotopic (exact) mass is 369 g/mol. The highest BCUT2D eigenvalue weighted by molar-refractivity contribution is 6.35. The maximum absolute atomic E-state index is 12.6. The van der Waals surface area contributed by atoms with Crippen LogP contribution in [0.2, 0.25) is 0 Å². The van der Waals surface area contributed by atoms with Crippen molar-refractivity contribution >= 4 is 17.4 Å². The highest BCUT2D eigenvalue weighted by Crippen LogP contribution is 2.73. The van der Waals surface area contributed by atoms with Crippen LogP contribution in [0.4, 0.5) is 0 Å². The lowest BCUT2D eigenvalue weighted by atomic mass is 9.75. The van der Waals surface area contributed by atoms with Crippen molar-refractivity contribution in [3.05, 3.63) is 35.9 Å². The van der Waals surface area contributed by atoms with Gasteiger partial charge in [0.2, 0.25) is 0 Å². The minimum Gasteiger partial charge on any atom is -0.508 e. The van der Waals surface area contributed by atoms with Crippen LogP contribution in [-0.2, 0) is 9.59 Å². The Labute approximate surface area is 159 Å². The molecule has 6 heteroatoms. The summed E-state index contributed by atoms with van der Waals surface area (Å²) in [5.41, 5.74) is 8.13. The van der Waals surface area contributed by atoms with Crippen LogP contribution in [0.1, 0.15) is 37.7 Å². The first kappa shape index (κ1) is 18.0. The van der Waals surface area contributed by atoms with Crippen LogP contribution in [0.3, 0.4) is 0 Å². The van der Waals surface area contributed by atoms with E-state index in [-0.39, 0.29) is 11.2 Å². The SMILES string of the molecule is NCC1(CNC(=O)C(=O)N2CCC=C(c3cccc(O)c3)C2)CC12CCC2. The van der Waals surface area contributed by atoms with Crippen molar-refractivity contribution in [2.24, 2.45) is 16.6 Å². The molecule has 2 saturated carbocycles. The second-order valence-electron chi connectivity index (χ2n) is 8.27. The molecule has 1 aromatic rings. The summed E-state index contributed by atoms with van der Waals surface area (Å²) >= 11 is 0. The molecule has 4 N–H and O–H groups in total. The number of hydrogen-bond donors (Lipinski definition) is 3. The zero-order valence-electron chi connectivity index (χ0n) is 15.5. The molecule has 4 rings (SSSR count). The molecule has 1 aromatic carbocycles. The molecule has 0 saturated heterocycles. The maximum Gasteiger partial charge on any atom is 0.312 e. The molecule has 0 aromatic heterocycles. The van der Waals surface area contributed by atoms with Gasteiger partial charge in [-0.2, -0.15) is 0 Å². The van der Waals surface area contributed by atoms with E-state index < -0.39 is 11.8 Å². The second-order valence-corrected chi connectivity index (χ2v) is 8.27. The third kappa shape index (κ3) is 3.12. The third-order valence-corrected chi connectivity index (χ3v) is 6.81. The van der Waals surface area contributed by atoms with Crippen LogP contribution in [-0.4, -0.2) is 48.0 Å². The smallest absolute Gasteiger partial charge is 0.312 e. The van der Waals surface area contributed by atoms with Gasteiger partial charge >= 0.3 is 11.8 Å². The molecule has 144 valence electrons. The maximum atomic E-state index is 12.6. The van der Waals surface area contributed by atoms with E-state index in [1.165, 1.54) is 19.3 Å². The summed E-state index contributed by atoms with van der Waals surface area (Å²) in [5.74, 6) is -0.839. The first-order valence-electron chi connectivity index (χ1n) is 9.74. The number of carbonyl (C=O) groups is 2. The Morgan fingerprint density at radius 3 is 2.74 bits per heavy atom. The fourth-order valence-corrected chi connectivity index (χ4v) is 4.83. The molecule has 0 radical (unpaired) electrons. The average molecular weight is 369 g/mol. The molecule has 1 unspecified atom stereocenters. The Morgan fingerprint density at radius 2 is 2.11 bits per heavy atom. The third-order valence-electron chi connectivity index (χ3n) is 6.81. The Hall–Kier alpha value is -2.34.